The van der Waals surface area contributed by atoms with E-state index in [4.69, 9.17) is 5.11 Å². The summed E-state index contributed by atoms with van der Waals surface area (Å²) in [7, 11) is 0. The minimum Gasteiger partial charge on any atom is -0.479 e. The van der Waals surface area contributed by atoms with E-state index in [1.54, 1.807) is 0 Å². The van der Waals surface area contributed by atoms with E-state index in [0.29, 0.717) is 0 Å². The standard InChI is InChI=1S/C12H11F3O5/c1-6(16)4-8-5-7(10(17)11(18)19)2-3-9(8)20-12(13,14)15/h2-3,5,10,17H,4H2,1H3,(H,18,19). The van der Waals surface area contributed by atoms with Crippen LogP contribution in [0, 0.1) is 0 Å². The summed E-state index contributed by atoms with van der Waals surface area (Å²) in [6.45, 7) is 1.16. The Kier molecular flexibility index (Phi) is 4.72. The average Bonchev–Trinajstić information content (AvgIpc) is 2.27. The molecule has 0 spiro atoms. The van der Waals surface area contributed by atoms with Gasteiger partial charge in [0.05, 0.1) is 0 Å². The molecule has 0 aliphatic rings. The molecule has 5 nitrogen and oxygen atoms in total. The molecule has 110 valence electrons. The Morgan fingerprint density at radius 3 is 2.40 bits per heavy atom. The topological polar surface area (TPSA) is 83.8 Å². The predicted octanol–water partition coefficient (Wildman–Crippen LogP) is 1.83. The number of carbonyl (C=O) groups excluding carboxylic acids is 1. The largest absolute Gasteiger partial charge is 0.573 e. The van der Waals surface area contributed by atoms with Crippen molar-refractivity contribution in [1.82, 2.24) is 0 Å². The van der Waals surface area contributed by atoms with Gasteiger partial charge in [-0.25, -0.2) is 4.79 Å². The number of hydrogen-bond acceptors (Lipinski definition) is 4. The van der Waals surface area contributed by atoms with E-state index in [1.807, 2.05) is 0 Å². The Bertz CT molecular complexity index is 524. The Hall–Kier alpha value is -2.09. The number of alkyl halides is 3. The number of rotatable bonds is 5. The molecule has 2 N–H and O–H groups in total. The van der Waals surface area contributed by atoms with Crippen LogP contribution in [0.15, 0.2) is 18.2 Å². The van der Waals surface area contributed by atoms with Gasteiger partial charge in [0, 0.05) is 12.0 Å². The first-order chi connectivity index (χ1) is 9.10. The van der Waals surface area contributed by atoms with E-state index in [-0.39, 0.29) is 17.5 Å². The van der Waals surface area contributed by atoms with E-state index in [1.165, 1.54) is 0 Å². The van der Waals surface area contributed by atoms with Crippen LogP contribution in [0.1, 0.15) is 24.2 Å². The number of aliphatic hydroxyl groups is 1. The maximum atomic E-state index is 12.2. The number of benzene rings is 1. The van der Waals surface area contributed by atoms with Gasteiger partial charge < -0.3 is 14.9 Å². The molecule has 1 unspecified atom stereocenters. The Balaban J connectivity index is 3.19. The molecule has 1 atom stereocenters. The summed E-state index contributed by atoms with van der Waals surface area (Å²) in [4.78, 5) is 21.6. The Labute approximate surface area is 111 Å². The van der Waals surface area contributed by atoms with Crippen molar-refractivity contribution in [2.75, 3.05) is 0 Å². The van der Waals surface area contributed by atoms with Crippen LogP contribution in [0.2, 0.25) is 0 Å². The van der Waals surface area contributed by atoms with Gasteiger partial charge in [-0.15, -0.1) is 13.2 Å². The van der Waals surface area contributed by atoms with Crippen LogP contribution in [-0.4, -0.2) is 28.3 Å². The number of carbonyl (C=O) groups is 2. The van der Waals surface area contributed by atoms with Crippen molar-refractivity contribution in [3.05, 3.63) is 29.3 Å². The molecule has 0 bridgehead atoms. The second-order valence-corrected chi connectivity index (χ2v) is 4.03. The number of aliphatic hydroxyl groups excluding tert-OH is 1. The van der Waals surface area contributed by atoms with Gasteiger partial charge in [-0.05, 0) is 24.6 Å². The van der Waals surface area contributed by atoms with E-state index in [2.05, 4.69) is 4.74 Å². The number of carboxylic acids is 1. The zero-order valence-electron chi connectivity index (χ0n) is 10.3. The number of hydrogen-bond donors (Lipinski definition) is 2. The van der Waals surface area contributed by atoms with Gasteiger partial charge in [0.2, 0.25) is 0 Å². The van der Waals surface area contributed by atoms with Crippen molar-refractivity contribution in [2.45, 2.75) is 25.8 Å². The van der Waals surface area contributed by atoms with Gasteiger partial charge in [-0.2, -0.15) is 0 Å². The summed E-state index contributed by atoms with van der Waals surface area (Å²) in [5.74, 6) is -2.59. The van der Waals surface area contributed by atoms with Gasteiger partial charge in [-0.1, -0.05) is 6.07 Å². The zero-order chi connectivity index (χ0) is 15.5. The third-order valence-electron chi connectivity index (χ3n) is 2.30. The first-order valence-corrected chi connectivity index (χ1v) is 5.39. The van der Waals surface area contributed by atoms with Crippen LogP contribution < -0.4 is 4.74 Å². The molecule has 8 heteroatoms. The predicted molar refractivity (Wildman–Crippen MR) is 60.1 cm³/mol. The maximum absolute atomic E-state index is 12.2. The number of carboxylic acid groups (broad SMARTS) is 1. The molecular formula is C12H11F3O5. The minimum atomic E-state index is -4.93. The van der Waals surface area contributed by atoms with Gasteiger partial charge >= 0.3 is 12.3 Å². The lowest BCUT2D eigenvalue weighted by atomic mass is 10.0. The van der Waals surface area contributed by atoms with Crippen molar-refractivity contribution in [1.29, 1.82) is 0 Å². The number of ether oxygens (including phenoxy) is 1. The fourth-order valence-electron chi connectivity index (χ4n) is 1.54. The van der Waals surface area contributed by atoms with Crippen LogP contribution in [0.5, 0.6) is 5.75 Å². The van der Waals surface area contributed by atoms with Crippen molar-refractivity contribution in [2.24, 2.45) is 0 Å². The fourth-order valence-corrected chi connectivity index (χ4v) is 1.54. The van der Waals surface area contributed by atoms with E-state index in [0.717, 1.165) is 25.1 Å². The third kappa shape index (κ3) is 4.54. The third-order valence-corrected chi connectivity index (χ3v) is 2.30. The summed E-state index contributed by atoms with van der Waals surface area (Å²) >= 11 is 0. The monoisotopic (exact) mass is 292 g/mol. The maximum Gasteiger partial charge on any atom is 0.573 e. The van der Waals surface area contributed by atoms with E-state index < -0.39 is 30.0 Å². The van der Waals surface area contributed by atoms with Gasteiger partial charge in [0.15, 0.2) is 6.10 Å². The lowest BCUT2D eigenvalue weighted by Gasteiger charge is -2.15. The summed E-state index contributed by atoms with van der Waals surface area (Å²) in [5.41, 5.74) is -0.282. The van der Waals surface area contributed by atoms with Crippen LogP contribution >= 0.6 is 0 Å². The normalized spacial score (nSPS) is 12.8. The van der Waals surface area contributed by atoms with Gasteiger partial charge in [-0.3, -0.25) is 4.79 Å². The number of halogens is 3. The van der Waals surface area contributed by atoms with Gasteiger partial charge in [0.1, 0.15) is 11.5 Å². The molecule has 0 aliphatic heterocycles. The first kappa shape index (κ1) is 16.0. The zero-order valence-corrected chi connectivity index (χ0v) is 10.3. The average molecular weight is 292 g/mol. The lowest BCUT2D eigenvalue weighted by molar-refractivity contribution is -0.274. The second-order valence-electron chi connectivity index (χ2n) is 4.03. The fraction of sp³-hybridized carbons (Fsp3) is 0.333. The molecule has 0 fully saturated rings. The molecule has 0 aliphatic carbocycles. The summed E-state index contributed by atoms with van der Waals surface area (Å²) < 4.78 is 40.3. The summed E-state index contributed by atoms with van der Waals surface area (Å²) in [6, 6.07) is 2.86. The lowest BCUT2D eigenvalue weighted by Crippen LogP contribution is -2.19. The minimum absolute atomic E-state index is 0.136. The van der Waals surface area contributed by atoms with Gasteiger partial charge in [0.25, 0.3) is 0 Å². The van der Waals surface area contributed by atoms with Crippen molar-refractivity contribution in [3.8, 4) is 5.75 Å². The second kappa shape index (κ2) is 5.91. The van der Waals surface area contributed by atoms with Crippen molar-refractivity contribution in [3.63, 3.8) is 0 Å². The highest BCUT2D eigenvalue weighted by Crippen LogP contribution is 2.29. The molecule has 1 rings (SSSR count). The van der Waals surface area contributed by atoms with Crippen LogP contribution in [0.25, 0.3) is 0 Å². The Morgan fingerprint density at radius 1 is 1.35 bits per heavy atom. The Morgan fingerprint density at radius 2 is 1.95 bits per heavy atom. The van der Waals surface area contributed by atoms with Crippen LogP contribution in [0.3, 0.4) is 0 Å². The molecule has 0 saturated carbocycles. The molecule has 0 saturated heterocycles. The molecule has 0 aromatic heterocycles. The molecular weight excluding hydrogens is 281 g/mol. The molecule has 0 radical (unpaired) electrons. The quantitative estimate of drug-likeness (QED) is 0.865. The van der Waals surface area contributed by atoms with E-state index in [9.17, 15) is 27.9 Å². The molecule has 1 aromatic carbocycles. The van der Waals surface area contributed by atoms with Crippen LogP contribution in [0.4, 0.5) is 13.2 Å². The SMILES string of the molecule is CC(=O)Cc1cc(C(O)C(=O)O)ccc1OC(F)(F)F. The molecule has 0 amide bonds. The van der Waals surface area contributed by atoms with Crippen molar-refractivity contribution < 1.29 is 37.7 Å². The van der Waals surface area contributed by atoms with Crippen molar-refractivity contribution >= 4 is 11.8 Å². The van der Waals surface area contributed by atoms with Crippen LogP contribution in [-0.2, 0) is 16.0 Å². The summed E-state index contributed by atoms with van der Waals surface area (Å²) in [6.07, 6.45) is -7.19. The number of Topliss-reactive ketones (excluding diaryl/α,β-unsaturated/α-hetero) is 1. The first-order valence-electron chi connectivity index (χ1n) is 5.39. The molecule has 0 heterocycles. The highest BCUT2D eigenvalue weighted by Gasteiger charge is 2.32. The van der Waals surface area contributed by atoms with E-state index >= 15 is 0 Å². The highest BCUT2D eigenvalue weighted by atomic mass is 19.4. The molecule has 1 aromatic rings. The summed E-state index contributed by atoms with van der Waals surface area (Å²) in [5, 5.41) is 18.0. The molecule has 20 heavy (non-hydrogen) atoms. The number of ketones is 1. The highest BCUT2D eigenvalue weighted by molar-refractivity contribution is 5.79. The smallest absolute Gasteiger partial charge is 0.479 e. The number of aliphatic carboxylic acids is 1.